The molecule has 134 valence electrons. The fourth-order valence-corrected chi connectivity index (χ4v) is 2.91. The predicted octanol–water partition coefficient (Wildman–Crippen LogP) is 3.43. The van der Waals surface area contributed by atoms with E-state index >= 15 is 0 Å². The van der Waals surface area contributed by atoms with E-state index in [9.17, 15) is 4.79 Å². The quantitative estimate of drug-likeness (QED) is 0.637. The van der Waals surface area contributed by atoms with Gasteiger partial charge in [0.15, 0.2) is 5.82 Å². The number of pyridine rings is 1. The molecular formula is C18H18N4O3S. The molecule has 0 bridgehead atoms. The van der Waals surface area contributed by atoms with Gasteiger partial charge < -0.3 is 14.6 Å². The molecule has 3 aromatic rings. The topological polar surface area (TPSA) is 90.1 Å². The highest BCUT2D eigenvalue weighted by atomic mass is 32.2. The molecule has 2 heterocycles. The Morgan fingerprint density at radius 3 is 2.92 bits per heavy atom. The molecule has 1 aromatic carbocycles. The van der Waals surface area contributed by atoms with Gasteiger partial charge in [-0.15, -0.1) is 0 Å². The zero-order chi connectivity index (χ0) is 18.4. The lowest BCUT2D eigenvalue weighted by Gasteiger charge is -2.09. The smallest absolute Gasteiger partial charge is 0.258 e. The molecule has 0 radical (unpaired) electrons. The van der Waals surface area contributed by atoms with Gasteiger partial charge in [-0.2, -0.15) is 4.98 Å². The highest BCUT2D eigenvalue weighted by Crippen LogP contribution is 2.25. The van der Waals surface area contributed by atoms with E-state index in [1.54, 1.807) is 31.5 Å². The summed E-state index contributed by atoms with van der Waals surface area (Å²) in [6.07, 6.45) is 2.37. The van der Waals surface area contributed by atoms with Crippen LogP contribution in [0, 0.1) is 0 Å². The average Bonchev–Trinajstić information content (AvgIpc) is 3.16. The summed E-state index contributed by atoms with van der Waals surface area (Å²) in [4.78, 5) is 20.8. The summed E-state index contributed by atoms with van der Waals surface area (Å²) < 4.78 is 10.5. The molecule has 0 saturated carbocycles. The number of hydrogen-bond donors (Lipinski definition) is 1. The monoisotopic (exact) mass is 370 g/mol. The molecule has 0 aliphatic rings. The largest absolute Gasteiger partial charge is 0.495 e. The van der Waals surface area contributed by atoms with Crippen molar-refractivity contribution in [3.8, 4) is 17.2 Å². The van der Waals surface area contributed by atoms with E-state index in [2.05, 4.69) is 20.4 Å². The van der Waals surface area contributed by atoms with Crippen molar-refractivity contribution in [2.75, 3.05) is 18.2 Å². The van der Waals surface area contributed by atoms with Crippen LogP contribution in [0.15, 0.2) is 52.1 Å². The van der Waals surface area contributed by atoms with Gasteiger partial charge in [-0.1, -0.05) is 36.0 Å². The Bertz CT molecular complexity index is 897. The number of nitrogens with one attached hydrogen (secondary N) is 1. The second-order valence-electron chi connectivity index (χ2n) is 5.29. The van der Waals surface area contributed by atoms with Gasteiger partial charge in [0.25, 0.3) is 5.89 Å². The van der Waals surface area contributed by atoms with Crippen molar-refractivity contribution in [1.29, 1.82) is 0 Å². The Morgan fingerprint density at radius 1 is 1.31 bits per heavy atom. The molecule has 7 nitrogen and oxygen atoms in total. The van der Waals surface area contributed by atoms with Gasteiger partial charge in [0.05, 0.1) is 23.6 Å². The van der Waals surface area contributed by atoms with Gasteiger partial charge >= 0.3 is 0 Å². The first kappa shape index (κ1) is 17.9. The van der Waals surface area contributed by atoms with Crippen LogP contribution >= 0.6 is 11.8 Å². The highest BCUT2D eigenvalue weighted by molar-refractivity contribution is 7.99. The Kier molecular flexibility index (Phi) is 5.85. The van der Waals surface area contributed by atoms with Crippen molar-refractivity contribution in [1.82, 2.24) is 15.1 Å². The van der Waals surface area contributed by atoms with Gasteiger partial charge in [0, 0.05) is 18.2 Å². The number of carbonyl (C=O) groups excluding carboxylic acids is 1. The summed E-state index contributed by atoms with van der Waals surface area (Å²) in [7, 11) is 1.57. The summed E-state index contributed by atoms with van der Waals surface area (Å²) in [5.74, 6) is 1.80. The zero-order valence-electron chi connectivity index (χ0n) is 14.4. The summed E-state index contributed by atoms with van der Waals surface area (Å²) in [6.45, 7) is 1.96. The van der Waals surface area contributed by atoms with Crippen LogP contribution in [0.5, 0.6) is 5.75 Å². The fourth-order valence-electron chi connectivity index (χ4n) is 2.21. The van der Waals surface area contributed by atoms with E-state index in [1.165, 1.54) is 11.8 Å². The maximum Gasteiger partial charge on any atom is 0.258 e. The number of carbonyl (C=O) groups is 1. The van der Waals surface area contributed by atoms with E-state index in [-0.39, 0.29) is 11.7 Å². The number of anilines is 1. The lowest BCUT2D eigenvalue weighted by atomic mass is 10.3. The normalized spacial score (nSPS) is 10.5. The summed E-state index contributed by atoms with van der Waals surface area (Å²) in [6, 6.07) is 10.9. The number of nitrogens with zero attached hydrogens (tertiary/aromatic N) is 3. The van der Waals surface area contributed by atoms with Crippen LogP contribution in [0.4, 0.5) is 5.69 Å². The van der Waals surface area contributed by atoms with Crippen molar-refractivity contribution in [2.45, 2.75) is 18.4 Å². The Hall–Kier alpha value is -2.87. The first-order chi connectivity index (χ1) is 12.7. The molecule has 0 spiro atoms. The van der Waals surface area contributed by atoms with Crippen LogP contribution in [0.25, 0.3) is 11.5 Å². The maximum absolute atomic E-state index is 12.2. The molecule has 0 aliphatic heterocycles. The first-order valence-electron chi connectivity index (χ1n) is 8.04. The molecule has 2 aromatic heterocycles. The van der Waals surface area contributed by atoms with Crippen molar-refractivity contribution in [2.24, 2.45) is 0 Å². The third kappa shape index (κ3) is 4.40. The van der Waals surface area contributed by atoms with Gasteiger partial charge in [-0.25, -0.2) is 4.98 Å². The van der Waals surface area contributed by atoms with Crippen molar-refractivity contribution >= 4 is 23.4 Å². The van der Waals surface area contributed by atoms with Crippen molar-refractivity contribution in [3.63, 3.8) is 0 Å². The van der Waals surface area contributed by atoms with E-state index in [0.717, 1.165) is 5.56 Å². The summed E-state index contributed by atoms with van der Waals surface area (Å²) in [5, 5.41) is 7.43. The number of aromatic nitrogens is 3. The number of ether oxygens (including phenoxy) is 1. The van der Waals surface area contributed by atoms with Crippen LogP contribution in [0.3, 0.4) is 0 Å². The van der Waals surface area contributed by atoms with Crippen molar-refractivity contribution in [3.05, 3.63) is 48.4 Å². The highest BCUT2D eigenvalue weighted by Gasteiger charge is 2.11. The number of amides is 1. The number of para-hydroxylation sites is 2. The molecule has 1 N–H and O–H groups in total. The molecule has 0 atom stereocenters. The SMILES string of the molecule is CCc1noc(-c2ccnc(SCC(=O)Nc3ccccc3OC)c2)n1. The minimum Gasteiger partial charge on any atom is -0.495 e. The lowest BCUT2D eigenvalue weighted by molar-refractivity contribution is -0.113. The van der Waals surface area contributed by atoms with Gasteiger partial charge in [-0.3, -0.25) is 4.79 Å². The minimum absolute atomic E-state index is 0.141. The second kappa shape index (κ2) is 8.48. The number of benzene rings is 1. The number of rotatable bonds is 7. The Balaban J connectivity index is 1.62. The summed E-state index contributed by atoms with van der Waals surface area (Å²) >= 11 is 1.33. The van der Waals surface area contributed by atoms with Crippen molar-refractivity contribution < 1.29 is 14.1 Å². The molecular weight excluding hydrogens is 352 g/mol. The molecule has 26 heavy (non-hydrogen) atoms. The predicted molar refractivity (Wildman–Crippen MR) is 99.3 cm³/mol. The van der Waals surface area contributed by atoms with Gasteiger partial charge in [-0.05, 0) is 24.3 Å². The summed E-state index contributed by atoms with van der Waals surface area (Å²) in [5.41, 5.74) is 1.42. The molecule has 0 unspecified atom stereocenters. The molecule has 8 heteroatoms. The maximum atomic E-state index is 12.2. The number of methoxy groups -OCH3 is 1. The standard InChI is InChI=1S/C18H18N4O3S/c1-3-15-21-18(25-22-15)12-8-9-19-17(10-12)26-11-16(23)20-13-6-4-5-7-14(13)24-2/h4-10H,3,11H2,1-2H3,(H,20,23). The third-order valence-corrected chi connectivity index (χ3v) is 4.42. The van der Waals surface area contributed by atoms with Crippen LogP contribution in [0.2, 0.25) is 0 Å². The third-order valence-electron chi connectivity index (χ3n) is 3.50. The lowest BCUT2D eigenvalue weighted by Crippen LogP contribution is -2.14. The van der Waals surface area contributed by atoms with Gasteiger partial charge in [0.1, 0.15) is 5.75 Å². The van der Waals surface area contributed by atoms with E-state index < -0.39 is 0 Å². The van der Waals surface area contributed by atoms with Crippen LogP contribution in [-0.4, -0.2) is 33.9 Å². The number of thioether (sulfide) groups is 1. The Morgan fingerprint density at radius 2 is 2.15 bits per heavy atom. The van der Waals surface area contributed by atoms with E-state index in [0.29, 0.717) is 34.6 Å². The van der Waals surface area contributed by atoms with Crippen LogP contribution in [0.1, 0.15) is 12.7 Å². The molecule has 0 saturated heterocycles. The Labute approximate surface area is 155 Å². The molecule has 3 rings (SSSR count). The second-order valence-corrected chi connectivity index (χ2v) is 6.28. The first-order valence-corrected chi connectivity index (χ1v) is 9.03. The van der Waals surface area contributed by atoms with Gasteiger partial charge in [0.2, 0.25) is 5.91 Å². The average molecular weight is 370 g/mol. The molecule has 1 amide bonds. The van der Waals surface area contributed by atoms with E-state index in [4.69, 9.17) is 9.26 Å². The number of aryl methyl sites for hydroxylation is 1. The van der Waals surface area contributed by atoms with Crippen LogP contribution in [-0.2, 0) is 11.2 Å². The zero-order valence-corrected chi connectivity index (χ0v) is 15.2. The van der Waals surface area contributed by atoms with Crippen LogP contribution < -0.4 is 10.1 Å². The van der Waals surface area contributed by atoms with E-state index in [1.807, 2.05) is 25.1 Å². The minimum atomic E-state index is -0.141. The molecule has 0 fully saturated rings. The molecule has 0 aliphatic carbocycles. The fraction of sp³-hybridized carbons (Fsp3) is 0.222. The number of hydrogen-bond acceptors (Lipinski definition) is 7.